The van der Waals surface area contributed by atoms with Crippen molar-refractivity contribution in [2.24, 2.45) is 5.92 Å². The number of pyridine rings is 1. The molecular weight excluding hydrogens is 278 g/mol. The van der Waals surface area contributed by atoms with Gasteiger partial charge in [0.05, 0.1) is 12.8 Å². The molecule has 1 fully saturated rings. The summed E-state index contributed by atoms with van der Waals surface area (Å²) >= 11 is 0. The third kappa shape index (κ3) is 2.86. The van der Waals surface area contributed by atoms with Crippen LogP contribution in [0.15, 0.2) is 24.4 Å². The van der Waals surface area contributed by atoms with E-state index < -0.39 is 0 Å². The lowest BCUT2D eigenvalue weighted by Gasteiger charge is -2.19. The lowest BCUT2D eigenvalue weighted by Crippen LogP contribution is -2.28. The van der Waals surface area contributed by atoms with E-state index in [0.29, 0.717) is 17.7 Å². The Morgan fingerprint density at radius 1 is 1.45 bits per heavy atom. The molecule has 1 saturated heterocycles. The SMILES string of the molecule is COC(=O)c1cccc2nc(CC3CCN(C(C)C)C3)cn12. The monoisotopic (exact) mass is 301 g/mol. The standard InChI is InChI=1S/C17H23N3O2/c1-12(2)19-8-7-13(10-19)9-14-11-20-15(17(21)22-3)5-4-6-16(20)18-14/h4-6,11-13H,7-10H2,1-3H3. The summed E-state index contributed by atoms with van der Waals surface area (Å²) in [6.45, 7) is 6.80. The number of nitrogens with zero attached hydrogens (tertiary/aromatic N) is 3. The van der Waals surface area contributed by atoms with E-state index in [1.807, 2.05) is 22.7 Å². The van der Waals surface area contributed by atoms with E-state index in [1.54, 1.807) is 6.07 Å². The summed E-state index contributed by atoms with van der Waals surface area (Å²) in [5.41, 5.74) is 2.37. The lowest BCUT2D eigenvalue weighted by atomic mass is 10.0. The summed E-state index contributed by atoms with van der Waals surface area (Å²) in [7, 11) is 1.40. The van der Waals surface area contributed by atoms with Gasteiger partial charge in [-0.1, -0.05) is 6.07 Å². The fraction of sp³-hybridized carbons (Fsp3) is 0.529. The zero-order valence-corrected chi connectivity index (χ0v) is 13.5. The van der Waals surface area contributed by atoms with E-state index in [1.165, 1.54) is 20.1 Å². The Morgan fingerprint density at radius 2 is 2.27 bits per heavy atom. The molecule has 0 spiro atoms. The molecule has 3 heterocycles. The summed E-state index contributed by atoms with van der Waals surface area (Å²) in [4.78, 5) is 19.0. The molecule has 1 aliphatic heterocycles. The van der Waals surface area contributed by atoms with E-state index in [0.717, 1.165) is 24.3 Å². The minimum atomic E-state index is -0.332. The van der Waals surface area contributed by atoms with Gasteiger partial charge in [0.1, 0.15) is 11.3 Å². The van der Waals surface area contributed by atoms with Crippen LogP contribution in [-0.2, 0) is 11.2 Å². The molecule has 0 aromatic carbocycles. The normalized spacial score (nSPS) is 19.2. The zero-order valence-electron chi connectivity index (χ0n) is 13.5. The molecule has 118 valence electrons. The fourth-order valence-electron chi connectivity index (χ4n) is 3.22. The van der Waals surface area contributed by atoms with Crippen molar-refractivity contribution in [1.82, 2.24) is 14.3 Å². The first-order valence-electron chi connectivity index (χ1n) is 7.88. The van der Waals surface area contributed by atoms with Gasteiger partial charge < -0.3 is 9.64 Å². The van der Waals surface area contributed by atoms with E-state index in [-0.39, 0.29) is 5.97 Å². The van der Waals surface area contributed by atoms with Crippen LogP contribution in [0, 0.1) is 5.92 Å². The van der Waals surface area contributed by atoms with E-state index >= 15 is 0 Å². The first kappa shape index (κ1) is 15.0. The van der Waals surface area contributed by atoms with Gasteiger partial charge in [0.15, 0.2) is 0 Å². The second kappa shape index (κ2) is 6.08. The molecule has 1 unspecified atom stereocenters. The van der Waals surface area contributed by atoms with Gasteiger partial charge in [-0.05, 0) is 51.3 Å². The number of fused-ring (bicyclic) bond motifs is 1. The highest BCUT2D eigenvalue weighted by Gasteiger charge is 2.25. The maximum Gasteiger partial charge on any atom is 0.355 e. The lowest BCUT2D eigenvalue weighted by molar-refractivity contribution is 0.0592. The van der Waals surface area contributed by atoms with Crippen molar-refractivity contribution in [2.75, 3.05) is 20.2 Å². The molecule has 0 N–H and O–H groups in total. The summed E-state index contributed by atoms with van der Waals surface area (Å²) in [6.07, 6.45) is 4.15. The van der Waals surface area contributed by atoms with E-state index in [4.69, 9.17) is 4.74 Å². The van der Waals surface area contributed by atoms with Crippen molar-refractivity contribution >= 4 is 11.6 Å². The maximum atomic E-state index is 11.8. The third-order valence-electron chi connectivity index (χ3n) is 4.48. The van der Waals surface area contributed by atoms with Gasteiger partial charge in [-0.2, -0.15) is 0 Å². The molecule has 1 atom stereocenters. The molecule has 0 saturated carbocycles. The Hall–Kier alpha value is -1.88. The summed E-state index contributed by atoms with van der Waals surface area (Å²) in [5, 5.41) is 0. The molecular formula is C17H23N3O2. The first-order valence-corrected chi connectivity index (χ1v) is 7.88. The number of hydrogen-bond acceptors (Lipinski definition) is 4. The number of ether oxygens (including phenoxy) is 1. The van der Waals surface area contributed by atoms with E-state index in [9.17, 15) is 4.79 Å². The average Bonchev–Trinajstić information content (AvgIpc) is 3.12. The number of likely N-dealkylation sites (tertiary alicyclic amines) is 1. The summed E-state index contributed by atoms with van der Waals surface area (Å²) in [6, 6.07) is 6.14. The summed E-state index contributed by atoms with van der Waals surface area (Å²) in [5.74, 6) is 0.315. The molecule has 2 aromatic rings. The molecule has 5 heteroatoms. The molecule has 3 rings (SSSR count). The zero-order chi connectivity index (χ0) is 15.7. The van der Waals surface area contributed by atoms with Crippen LogP contribution in [0.4, 0.5) is 0 Å². The van der Waals surface area contributed by atoms with Crippen LogP contribution in [0.1, 0.15) is 36.5 Å². The minimum Gasteiger partial charge on any atom is -0.464 e. The molecule has 0 radical (unpaired) electrons. The predicted octanol–water partition coefficient (Wildman–Crippen LogP) is 2.39. The van der Waals surface area contributed by atoms with Gasteiger partial charge in [-0.3, -0.25) is 4.40 Å². The van der Waals surface area contributed by atoms with Crippen molar-refractivity contribution in [3.05, 3.63) is 35.8 Å². The third-order valence-corrected chi connectivity index (χ3v) is 4.48. The molecule has 0 amide bonds. The van der Waals surface area contributed by atoms with Gasteiger partial charge in [0, 0.05) is 18.8 Å². The Morgan fingerprint density at radius 3 is 2.95 bits per heavy atom. The molecule has 0 aliphatic carbocycles. The second-order valence-corrected chi connectivity index (χ2v) is 6.31. The van der Waals surface area contributed by atoms with Crippen molar-refractivity contribution < 1.29 is 9.53 Å². The number of aromatic nitrogens is 2. The Labute approximate surface area is 130 Å². The molecule has 2 aromatic heterocycles. The van der Waals surface area contributed by atoms with Crippen LogP contribution in [0.2, 0.25) is 0 Å². The number of rotatable bonds is 4. The van der Waals surface area contributed by atoms with Crippen molar-refractivity contribution in [3.63, 3.8) is 0 Å². The van der Waals surface area contributed by atoms with Crippen LogP contribution in [0.5, 0.6) is 0 Å². The van der Waals surface area contributed by atoms with E-state index in [2.05, 4.69) is 23.7 Å². The predicted molar refractivity (Wildman–Crippen MR) is 85.1 cm³/mol. The van der Waals surface area contributed by atoms with Crippen LogP contribution in [-0.4, -0.2) is 46.5 Å². The molecule has 0 bridgehead atoms. The second-order valence-electron chi connectivity index (χ2n) is 6.31. The maximum absolute atomic E-state index is 11.8. The largest absolute Gasteiger partial charge is 0.464 e. The number of esters is 1. The number of carbonyl (C=O) groups excluding carboxylic acids is 1. The Balaban J connectivity index is 1.80. The number of hydrogen-bond donors (Lipinski definition) is 0. The average molecular weight is 301 g/mol. The topological polar surface area (TPSA) is 46.8 Å². The number of methoxy groups -OCH3 is 1. The quantitative estimate of drug-likeness (QED) is 0.814. The van der Waals surface area contributed by atoms with Crippen molar-refractivity contribution in [3.8, 4) is 0 Å². The Kier molecular flexibility index (Phi) is 4.16. The minimum absolute atomic E-state index is 0.332. The van der Waals surface area contributed by atoms with Gasteiger partial charge in [-0.25, -0.2) is 9.78 Å². The highest BCUT2D eigenvalue weighted by atomic mass is 16.5. The van der Waals surface area contributed by atoms with Crippen molar-refractivity contribution in [1.29, 1.82) is 0 Å². The van der Waals surface area contributed by atoms with Crippen molar-refractivity contribution in [2.45, 2.75) is 32.7 Å². The Bertz CT molecular complexity index is 678. The van der Waals surface area contributed by atoms with Crippen LogP contribution in [0.3, 0.4) is 0 Å². The highest BCUT2D eigenvalue weighted by molar-refractivity contribution is 5.88. The first-order chi connectivity index (χ1) is 10.6. The fourth-order valence-corrected chi connectivity index (χ4v) is 3.22. The van der Waals surface area contributed by atoms with Gasteiger partial charge in [-0.15, -0.1) is 0 Å². The number of imidazole rings is 1. The smallest absolute Gasteiger partial charge is 0.355 e. The van der Waals surface area contributed by atoms with Crippen LogP contribution in [0.25, 0.3) is 5.65 Å². The molecule has 5 nitrogen and oxygen atoms in total. The van der Waals surface area contributed by atoms with Crippen LogP contribution >= 0.6 is 0 Å². The number of carbonyl (C=O) groups is 1. The van der Waals surface area contributed by atoms with Gasteiger partial charge in [0.25, 0.3) is 0 Å². The molecule has 1 aliphatic rings. The van der Waals surface area contributed by atoms with Gasteiger partial charge in [0.2, 0.25) is 0 Å². The summed E-state index contributed by atoms with van der Waals surface area (Å²) < 4.78 is 6.66. The molecule has 22 heavy (non-hydrogen) atoms. The van der Waals surface area contributed by atoms with Gasteiger partial charge >= 0.3 is 5.97 Å². The highest BCUT2D eigenvalue weighted by Crippen LogP contribution is 2.22. The van der Waals surface area contributed by atoms with Crippen LogP contribution < -0.4 is 0 Å².